The van der Waals surface area contributed by atoms with Crippen LogP contribution in [0.1, 0.15) is 38.6 Å². The van der Waals surface area contributed by atoms with E-state index < -0.39 is 0 Å². The molecule has 0 saturated carbocycles. The Morgan fingerprint density at radius 2 is 2.08 bits per heavy atom. The SMILES string of the molecule is CCOC(=O)C1CCN(C(=O)NC(C)c2nc3ccccc3[nH]2)CC1. The number of carbonyl (C=O) groups is 2. The second kappa shape index (κ2) is 7.55. The summed E-state index contributed by atoms with van der Waals surface area (Å²) in [5.41, 5.74) is 1.84. The zero-order valence-electron chi connectivity index (χ0n) is 14.6. The van der Waals surface area contributed by atoms with Crippen LogP contribution < -0.4 is 5.32 Å². The van der Waals surface area contributed by atoms with Gasteiger partial charge in [-0.2, -0.15) is 0 Å². The van der Waals surface area contributed by atoms with Crippen LogP contribution in [0.5, 0.6) is 0 Å². The quantitative estimate of drug-likeness (QED) is 0.835. The summed E-state index contributed by atoms with van der Waals surface area (Å²) in [5.74, 6) is 0.478. The van der Waals surface area contributed by atoms with Gasteiger partial charge in [0, 0.05) is 13.1 Å². The molecule has 1 atom stereocenters. The number of piperidine rings is 1. The van der Waals surface area contributed by atoms with Crippen LogP contribution in [0.4, 0.5) is 4.79 Å². The molecule has 3 rings (SSSR count). The highest BCUT2D eigenvalue weighted by molar-refractivity contribution is 5.77. The second-order valence-electron chi connectivity index (χ2n) is 6.32. The molecule has 0 radical (unpaired) electrons. The van der Waals surface area contributed by atoms with Crippen LogP contribution in [0.3, 0.4) is 0 Å². The number of ether oxygens (including phenoxy) is 1. The number of rotatable bonds is 4. The van der Waals surface area contributed by atoms with Crippen LogP contribution in [0.2, 0.25) is 0 Å². The summed E-state index contributed by atoms with van der Waals surface area (Å²) in [6.45, 7) is 5.22. The lowest BCUT2D eigenvalue weighted by Crippen LogP contribution is -2.46. The molecule has 1 saturated heterocycles. The minimum absolute atomic E-state index is 0.100. The van der Waals surface area contributed by atoms with Crippen LogP contribution in [0.25, 0.3) is 11.0 Å². The number of likely N-dealkylation sites (tertiary alicyclic amines) is 1. The fourth-order valence-corrected chi connectivity index (χ4v) is 3.10. The summed E-state index contributed by atoms with van der Waals surface area (Å²) >= 11 is 0. The van der Waals surface area contributed by atoms with Gasteiger partial charge in [0.05, 0.1) is 29.6 Å². The topological polar surface area (TPSA) is 87.3 Å². The van der Waals surface area contributed by atoms with Gasteiger partial charge >= 0.3 is 12.0 Å². The Labute approximate surface area is 146 Å². The van der Waals surface area contributed by atoms with E-state index in [0.717, 1.165) is 16.9 Å². The number of esters is 1. The van der Waals surface area contributed by atoms with E-state index in [-0.39, 0.29) is 24.0 Å². The molecule has 1 aliphatic rings. The number of carbonyl (C=O) groups excluding carboxylic acids is 2. The minimum Gasteiger partial charge on any atom is -0.466 e. The first-order valence-corrected chi connectivity index (χ1v) is 8.75. The van der Waals surface area contributed by atoms with E-state index in [1.165, 1.54) is 0 Å². The summed E-state index contributed by atoms with van der Waals surface area (Å²) in [6, 6.07) is 7.42. The maximum atomic E-state index is 12.5. The largest absolute Gasteiger partial charge is 0.466 e. The Morgan fingerprint density at radius 1 is 1.36 bits per heavy atom. The van der Waals surface area contributed by atoms with Gasteiger partial charge in [-0.1, -0.05) is 12.1 Å². The average Bonchev–Trinajstić information content (AvgIpc) is 3.06. The Kier molecular flexibility index (Phi) is 5.21. The molecule has 0 spiro atoms. The number of benzene rings is 1. The molecule has 1 fully saturated rings. The van der Waals surface area contributed by atoms with Crippen molar-refractivity contribution in [1.29, 1.82) is 0 Å². The zero-order valence-corrected chi connectivity index (χ0v) is 14.6. The molecule has 0 bridgehead atoms. The molecular formula is C18H24N4O3. The Balaban J connectivity index is 1.54. The normalized spacial score (nSPS) is 16.6. The van der Waals surface area contributed by atoms with E-state index in [2.05, 4.69) is 15.3 Å². The van der Waals surface area contributed by atoms with Gasteiger partial charge in [0.1, 0.15) is 5.82 Å². The summed E-state index contributed by atoms with van der Waals surface area (Å²) in [6.07, 6.45) is 1.29. The number of aromatic amines is 1. The van der Waals surface area contributed by atoms with Crippen LogP contribution in [-0.2, 0) is 9.53 Å². The summed E-state index contributed by atoms with van der Waals surface area (Å²) in [7, 11) is 0. The first-order valence-electron chi connectivity index (χ1n) is 8.75. The molecule has 0 aliphatic carbocycles. The number of para-hydroxylation sites is 2. The molecule has 1 aromatic carbocycles. The lowest BCUT2D eigenvalue weighted by Gasteiger charge is -2.31. The van der Waals surface area contributed by atoms with Crippen molar-refractivity contribution in [2.24, 2.45) is 5.92 Å². The summed E-state index contributed by atoms with van der Waals surface area (Å²) in [4.78, 5) is 33.7. The number of imidazole rings is 1. The fourth-order valence-electron chi connectivity index (χ4n) is 3.10. The molecule has 2 aromatic rings. The van der Waals surface area contributed by atoms with E-state index in [0.29, 0.717) is 32.5 Å². The van der Waals surface area contributed by atoms with Crippen molar-refractivity contribution in [1.82, 2.24) is 20.2 Å². The number of fused-ring (bicyclic) bond motifs is 1. The predicted octanol–water partition coefficient (Wildman–Crippen LogP) is 2.61. The average molecular weight is 344 g/mol. The number of nitrogens with zero attached hydrogens (tertiary/aromatic N) is 2. The van der Waals surface area contributed by atoms with Gasteiger partial charge in [-0.05, 0) is 38.8 Å². The van der Waals surface area contributed by atoms with Gasteiger partial charge in [0.15, 0.2) is 0 Å². The second-order valence-corrected chi connectivity index (χ2v) is 6.32. The number of hydrogen-bond donors (Lipinski definition) is 2. The molecule has 1 aromatic heterocycles. The highest BCUT2D eigenvalue weighted by Crippen LogP contribution is 2.20. The van der Waals surface area contributed by atoms with Crippen LogP contribution in [-0.4, -0.2) is 46.6 Å². The van der Waals surface area contributed by atoms with Crippen LogP contribution >= 0.6 is 0 Å². The Morgan fingerprint density at radius 3 is 2.76 bits per heavy atom. The standard InChI is InChI=1S/C18H24N4O3/c1-3-25-17(23)13-8-10-22(11-9-13)18(24)19-12(2)16-20-14-6-4-5-7-15(14)21-16/h4-7,12-13H,3,8-11H2,1-2H3,(H,19,24)(H,20,21). The number of amides is 2. The van der Waals surface area contributed by atoms with Gasteiger partial charge in [0.25, 0.3) is 0 Å². The maximum Gasteiger partial charge on any atom is 0.317 e. The van der Waals surface area contributed by atoms with Gasteiger partial charge < -0.3 is 19.9 Å². The molecule has 2 amide bonds. The van der Waals surface area contributed by atoms with Gasteiger partial charge in [-0.15, -0.1) is 0 Å². The van der Waals surface area contributed by atoms with Crippen molar-refractivity contribution < 1.29 is 14.3 Å². The van der Waals surface area contributed by atoms with Crippen molar-refractivity contribution >= 4 is 23.0 Å². The van der Waals surface area contributed by atoms with Crippen LogP contribution in [0.15, 0.2) is 24.3 Å². The van der Waals surface area contributed by atoms with Crippen LogP contribution in [0, 0.1) is 5.92 Å². The van der Waals surface area contributed by atoms with Crippen molar-refractivity contribution in [3.8, 4) is 0 Å². The van der Waals surface area contributed by atoms with E-state index in [9.17, 15) is 9.59 Å². The number of nitrogens with one attached hydrogen (secondary N) is 2. The third-order valence-electron chi connectivity index (χ3n) is 4.56. The van der Waals surface area contributed by atoms with Crippen molar-refractivity contribution in [3.05, 3.63) is 30.1 Å². The van der Waals surface area contributed by atoms with Gasteiger partial charge in [-0.3, -0.25) is 4.79 Å². The molecule has 1 unspecified atom stereocenters. The zero-order chi connectivity index (χ0) is 17.8. The maximum absolute atomic E-state index is 12.5. The molecule has 2 heterocycles. The molecular weight excluding hydrogens is 320 g/mol. The van der Waals surface area contributed by atoms with E-state index in [4.69, 9.17) is 4.74 Å². The van der Waals surface area contributed by atoms with E-state index in [1.54, 1.807) is 11.8 Å². The predicted molar refractivity (Wildman–Crippen MR) is 94.0 cm³/mol. The minimum atomic E-state index is -0.220. The summed E-state index contributed by atoms with van der Waals surface area (Å²) < 4.78 is 5.06. The third kappa shape index (κ3) is 3.92. The Bertz CT molecular complexity index is 717. The van der Waals surface area contributed by atoms with E-state index in [1.807, 2.05) is 31.2 Å². The molecule has 1 aliphatic heterocycles. The van der Waals surface area contributed by atoms with Crippen molar-refractivity contribution in [2.45, 2.75) is 32.7 Å². The number of hydrogen-bond acceptors (Lipinski definition) is 4. The number of urea groups is 1. The van der Waals surface area contributed by atoms with Crippen molar-refractivity contribution in [3.63, 3.8) is 0 Å². The number of H-pyrrole nitrogens is 1. The lowest BCUT2D eigenvalue weighted by atomic mass is 9.97. The molecule has 25 heavy (non-hydrogen) atoms. The first-order chi connectivity index (χ1) is 12.1. The lowest BCUT2D eigenvalue weighted by molar-refractivity contribution is -0.149. The number of aromatic nitrogens is 2. The third-order valence-corrected chi connectivity index (χ3v) is 4.56. The molecule has 7 nitrogen and oxygen atoms in total. The molecule has 7 heteroatoms. The van der Waals surface area contributed by atoms with Crippen molar-refractivity contribution in [2.75, 3.05) is 19.7 Å². The highest BCUT2D eigenvalue weighted by atomic mass is 16.5. The Hall–Kier alpha value is -2.57. The fraction of sp³-hybridized carbons (Fsp3) is 0.500. The molecule has 2 N–H and O–H groups in total. The first kappa shape index (κ1) is 17.3. The highest BCUT2D eigenvalue weighted by Gasteiger charge is 2.28. The van der Waals surface area contributed by atoms with Gasteiger partial charge in [-0.25, -0.2) is 9.78 Å². The van der Waals surface area contributed by atoms with Gasteiger partial charge in [0.2, 0.25) is 0 Å². The van der Waals surface area contributed by atoms with E-state index >= 15 is 0 Å². The monoisotopic (exact) mass is 344 g/mol. The molecule has 134 valence electrons. The summed E-state index contributed by atoms with van der Waals surface area (Å²) in [5, 5.41) is 2.97. The smallest absolute Gasteiger partial charge is 0.317 e.